The minimum Gasteiger partial charge on any atom is -0.360 e. The molecule has 2 N–H and O–H groups in total. The van der Waals surface area contributed by atoms with Crippen LogP contribution in [0.25, 0.3) is 11.2 Å². The first kappa shape index (κ1) is 10.6. The van der Waals surface area contributed by atoms with E-state index >= 15 is 0 Å². The summed E-state index contributed by atoms with van der Waals surface area (Å²) in [6, 6.07) is 3.84. The highest BCUT2D eigenvalue weighted by Crippen LogP contribution is 2.16. The third kappa shape index (κ3) is 2.00. The molecule has 0 aliphatic rings. The topological polar surface area (TPSA) is 79.4 Å². The summed E-state index contributed by atoms with van der Waals surface area (Å²) >= 11 is 0. The van der Waals surface area contributed by atoms with Crippen molar-refractivity contribution in [2.45, 2.75) is 13.0 Å². The molecule has 18 heavy (non-hydrogen) atoms. The summed E-state index contributed by atoms with van der Waals surface area (Å²) in [6.07, 6.45) is 6.82. The van der Waals surface area contributed by atoms with Crippen molar-refractivity contribution in [3.63, 3.8) is 0 Å². The van der Waals surface area contributed by atoms with Crippen molar-refractivity contribution in [2.24, 2.45) is 0 Å². The number of pyridine rings is 1. The fourth-order valence-corrected chi connectivity index (χ4v) is 1.74. The summed E-state index contributed by atoms with van der Waals surface area (Å²) < 4.78 is 0. The minimum absolute atomic E-state index is 0.0571. The van der Waals surface area contributed by atoms with Crippen LogP contribution in [0.5, 0.6) is 0 Å². The van der Waals surface area contributed by atoms with Crippen LogP contribution in [0.15, 0.2) is 36.9 Å². The van der Waals surface area contributed by atoms with Crippen LogP contribution in [0.1, 0.15) is 18.8 Å². The predicted octanol–water partition coefficient (Wildman–Crippen LogP) is 1.92. The Hall–Kier alpha value is -2.50. The molecule has 0 bridgehead atoms. The molecule has 90 valence electrons. The molecular weight excluding hydrogens is 228 g/mol. The summed E-state index contributed by atoms with van der Waals surface area (Å²) in [6.45, 7) is 2.02. The van der Waals surface area contributed by atoms with E-state index in [1.807, 2.05) is 19.1 Å². The number of H-pyrrole nitrogens is 1. The second-order valence-electron chi connectivity index (χ2n) is 3.94. The van der Waals surface area contributed by atoms with E-state index in [-0.39, 0.29) is 6.04 Å². The van der Waals surface area contributed by atoms with Crippen LogP contribution in [-0.4, -0.2) is 24.9 Å². The van der Waals surface area contributed by atoms with Crippen molar-refractivity contribution in [3.05, 3.63) is 42.7 Å². The lowest BCUT2D eigenvalue weighted by Gasteiger charge is -2.12. The smallest absolute Gasteiger partial charge is 0.180 e. The maximum atomic E-state index is 4.40. The number of hydrogen-bond donors (Lipinski definition) is 2. The summed E-state index contributed by atoms with van der Waals surface area (Å²) in [4.78, 5) is 20.0. The molecule has 0 fully saturated rings. The van der Waals surface area contributed by atoms with Crippen LogP contribution in [0.4, 0.5) is 5.82 Å². The molecule has 3 rings (SSSR count). The van der Waals surface area contributed by atoms with Gasteiger partial charge in [0.1, 0.15) is 17.2 Å². The van der Waals surface area contributed by atoms with Gasteiger partial charge in [-0.05, 0) is 19.1 Å². The standard InChI is InChI=1S/C12H12N6/c1-8(11-14-6-7-15-11)17-10-3-2-9-12(18-10)16-5-4-13-9/h2-8H,1H3,(H,14,15)(H,16,17,18). The Kier molecular flexibility index (Phi) is 2.60. The Balaban J connectivity index is 1.86. The van der Waals surface area contributed by atoms with Crippen LogP contribution in [0.2, 0.25) is 0 Å². The number of aromatic amines is 1. The van der Waals surface area contributed by atoms with Crippen molar-refractivity contribution in [3.8, 4) is 0 Å². The van der Waals surface area contributed by atoms with Crippen LogP contribution < -0.4 is 5.32 Å². The van der Waals surface area contributed by atoms with Gasteiger partial charge in [0.25, 0.3) is 0 Å². The number of fused-ring (bicyclic) bond motifs is 1. The molecule has 0 aromatic carbocycles. The number of anilines is 1. The summed E-state index contributed by atoms with van der Waals surface area (Å²) in [5.41, 5.74) is 1.42. The first-order valence-electron chi connectivity index (χ1n) is 5.66. The molecule has 0 aliphatic carbocycles. The minimum atomic E-state index is 0.0571. The molecule has 0 aliphatic heterocycles. The van der Waals surface area contributed by atoms with Crippen LogP contribution in [-0.2, 0) is 0 Å². The van der Waals surface area contributed by atoms with Gasteiger partial charge in [-0.3, -0.25) is 4.98 Å². The fourth-order valence-electron chi connectivity index (χ4n) is 1.74. The summed E-state index contributed by atoms with van der Waals surface area (Å²) in [5, 5.41) is 3.26. The molecule has 0 spiro atoms. The molecule has 3 heterocycles. The Bertz CT molecular complexity index is 648. The summed E-state index contributed by atoms with van der Waals surface area (Å²) in [7, 11) is 0. The number of rotatable bonds is 3. The molecule has 1 atom stereocenters. The van der Waals surface area contributed by atoms with E-state index in [1.54, 1.807) is 24.8 Å². The van der Waals surface area contributed by atoms with Gasteiger partial charge in [0.2, 0.25) is 0 Å². The summed E-state index contributed by atoms with van der Waals surface area (Å²) in [5.74, 6) is 1.63. The van der Waals surface area contributed by atoms with Gasteiger partial charge in [0, 0.05) is 24.8 Å². The van der Waals surface area contributed by atoms with Crippen LogP contribution >= 0.6 is 0 Å². The quantitative estimate of drug-likeness (QED) is 0.731. The predicted molar refractivity (Wildman–Crippen MR) is 68.0 cm³/mol. The fraction of sp³-hybridized carbons (Fsp3) is 0.167. The number of imidazole rings is 1. The SMILES string of the molecule is CC(Nc1ccc2nccnc2n1)c1ncc[nH]1. The molecule has 0 radical (unpaired) electrons. The molecule has 3 aromatic heterocycles. The molecule has 6 heteroatoms. The van der Waals surface area contributed by atoms with Gasteiger partial charge < -0.3 is 10.3 Å². The number of nitrogens with zero attached hydrogens (tertiary/aromatic N) is 4. The lowest BCUT2D eigenvalue weighted by molar-refractivity contribution is 0.804. The average Bonchev–Trinajstić information content (AvgIpc) is 2.92. The molecular formula is C12H12N6. The Morgan fingerprint density at radius 3 is 2.83 bits per heavy atom. The van der Waals surface area contributed by atoms with Gasteiger partial charge in [-0.2, -0.15) is 0 Å². The van der Waals surface area contributed by atoms with Crippen molar-refractivity contribution in [2.75, 3.05) is 5.32 Å². The number of hydrogen-bond acceptors (Lipinski definition) is 5. The zero-order valence-electron chi connectivity index (χ0n) is 9.83. The maximum absolute atomic E-state index is 4.40. The third-order valence-electron chi connectivity index (χ3n) is 2.63. The molecule has 0 saturated carbocycles. The zero-order chi connectivity index (χ0) is 12.4. The molecule has 6 nitrogen and oxygen atoms in total. The second kappa shape index (κ2) is 4.40. The third-order valence-corrected chi connectivity index (χ3v) is 2.63. The van der Waals surface area contributed by atoms with Gasteiger partial charge in [-0.1, -0.05) is 0 Å². The van der Waals surface area contributed by atoms with E-state index in [1.165, 1.54) is 0 Å². The second-order valence-corrected chi connectivity index (χ2v) is 3.94. The normalized spacial score (nSPS) is 12.5. The number of nitrogens with one attached hydrogen (secondary N) is 2. The van der Waals surface area contributed by atoms with Crippen LogP contribution in [0.3, 0.4) is 0 Å². The first-order valence-corrected chi connectivity index (χ1v) is 5.66. The first-order chi connectivity index (χ1) is 8.83. The van der Waals surface area contributed by atoms with Gasteiger partial charge >= 0.3 is 0 Å². The maximum Gasteiger partial charge on any atom is 0.180 e. The Labute approximate surface area is 104 Å². The van der Waals surface area contributed by atoms with E-state index < -0.39 is 0 Å². The van der Waals surface area contributed by atoms with E-state index in [0.29, 0.717) is 5.65 Å². The Morgan fingerprint density at radius 2 is 2.00 bits per heavy atom. The van der Waals surface area contributed by atoms with Crippen molar-refractivity contribution >= 4 is 17.0 Å². The lowest BCUT2D eigenvalue weighted by atomic mass is 10.3. The van der Waals surface area contributed by atoms with Gasteiger partial charge in [-0.25, -0.2) is 15.0 Å². The monoisotopic (exact) mass is 240 g/mol. The highest BCUT2D eigenvalue weighted by atomic mass is 15.1. The van der Waals surface area contributed by atoms with E-state index in [0.717, 1.165) is 17.2 Å². The van der Waals surface area contributed by atoms with Crippen molar-refractivity contribution < 1.29 is 0 Å². The van der Waals surface area contributed by atoms with Crippen LogP contribution in [0, 0.1) is 0 Å². The van der Waals surface area contributed by atoms with Crippen molar-refractivity contribution in [1.82, 2.24) is 24.9 Å². The molecule has 3 aromatic rings. The van der Waals surface area contributed by atoms with Gasteiger partial charge in [0.05, 0.1) is 6.04 Å². The van der Waals surface area contributed by atoms with Crippen molar-refractivity contribution in [1.29, 1.82) is 0 Å². The highest BCUT2D eigenvalue weighted by molar-refractivity contribution is 5.71. The average molecular weight is 240 g/mol. The molecule has 0 saturated heterocycles. The van der Waals surface area contributed by atoms with Gasteiger partial charge in [-0.15, -0.1) is 0 Å². The number of aromatic nitrogens is 5. The van der Waals surface area contributed by atoms with E-state index in [9.17, 15) is 0 Å². The molecule has 1 unspecified atom stereocenters. The van der Waals surface area contributed by atoms with E-state index in [4.69, 9.17) is 0 Å². The molecule has 0 amide bonds. The highest BCUT2D eigenvalue weighted by Gasteiger charge is 2.08. The zero-order valence-corrected chi connectivity index (χ0v) is 9.83. The lowest BCUT2D eigenvalue weighted by Crippen LogP contribution is -2.09. The largest absolute Gasteiger partial charge is 0.360 e. The Morgan fingerprint density at radius 1 is 1.11 bits per heavy atom. The van der Waals surface area contributed by atoms with Gasteiger partial charge in [0.15, 0.2) is 5.65 Å². The van der Waals surface area contributed by atoms with E-state index in [2.05, 4.69) is 30.2 Å².